The average molecular weight is 333 g/mol. The second-order valence-corrected chi connectivity index (χ2v) is 6.94. The molecule has 2 aromatic rings. The third kappa shape index (κ3) is 4.53. The largest absolute Gasteiger partial charge is 0.332 e. The van der Waals surface area contributed by atoms with E-state index in [-0.39, 0.29) is 17.0 Å². The predicted octanol–water partition coefficient (Wildman–Crippen LogP) is 2.26. The highest BCUT2D eigenvalue weighted by Gasteiger charge is 2.20. The van der Waals surface area contributed by atoms with Crippen LogP contribution in [0.3, 0.4) is 0 Å². The molecule has 0 saturated heterocycles. The first-order valence-electron chi connectivity index (χ1n) is 7.55. The van der Waals surface area contributed by atoms with E-state index in [1.807, 2.05) is 37.4 Å². The zero-order chi connectivity index (χ0) is 17.0. The molecule has 2 rings (SSSR count). The van der Waals surface area contributed by atoms with Crippen molar-refractivity contribution in [3.8, 4) is 0 Å². The van der Waals surface area contributed by atoms with Gasteiger partial charge in [0, 0.05) is 23.7 Å². The highest BCUT2D eigenvalue weighted by Crippen LogP contribution is 2.18. The van der Waals surface area contributed by atoms with Crippen molar-refractivity contribution >= 4 is 17.2 Å². The molecule has 2 heterocycles. The number of H-pyrrole nitrogens is 1. The van der Waals surface area contributed by atoms with Gasteiger partial charge >= 0.3 is 0 Å². The molecule has 124 valence electrons. The molecule has 0 radical (unpaired) electrons. The van der Waals surface area contributed by atoms with Gasteiger partial charge in [-0.3, -0.25) is 9.59 Å². The number of aryl methyl sites for hydroxylation is 2. The van der Waals surface area contributed by atoms with E-state index in [0.29, 0.717) is 13.1 Å². The Labute approximate surface area is 140 Å². The monoisotopic (exact) mass is 333 g/mol. The van der Waals surface area contributed by atoms with Gasteiger partial charge in [-0.15, -0.1) is 11.3 Å². The summed E-state index contributed by atoms with van der Waals surface area (Å²) in [5.74, 6) is -0.221. The van der Waals surface area contributed by atoms with Crippen LogP contribution in [0.2, 0.25) is 0 Å². The van der Waals surface area contributed by atoms with Crippen molar-refractivity contribution in [2.75, 3.05) is 27.2 Å². The van der Waals surface area contributed by atoms with Gasteiger partial charge in [0.15, 0.2) is 0 Å². The number of likely N-dealkylation sites (N-methyl/N-ethyl adjacent to an activating group) is 1. The topological polar surface area (TPSA) is 56.4 Å². The fourth-order valence-corrected chi connectivity index (χ4v) is 3.14. The molecule has 0 aromatic carbocycles. The number of aromatic nitrogens is 1. The molecular formula is C17H23N3O2S. The first-order chi connectivity index (χ1) is 10.9. The SMILES string of the molecule is Cc1ccc(C(=O)N(CCN(C)C)Cc2sccc2C)c(=O)[nH]1. The van der Waals surface area contributed by atoms with E-state index in [1.54, 1.807) is 35.3 Å². The number of hydrogen-bond acceptors (Lipinski definition) is 4. The summed E-state index contributed by atoms with van der Waals surface area (Å²) in [5, 5.41) is 2.03. The summed E-state index contributed by atoms with van der Waals surface area (Å²) < 4.78 is 0. The fourth-order valence-electron chi connectivity index (χ4n) is 2.22. The lowest BCUT2D eigenvalue weighted by Gasteiger charge is -2.24. The predicted molar refractivity (Wildman–Crippen MR) is 94.2 cm³/mol. The van der Waals surface area contributed by atoms with Crippen molar-refractivity contribution in [3.63, 3.8) is 0 Å². The minimum Gasteiger partial charge on any atom is -0.332 e. The van der Waals surface area contributed by atoms with Crippen LogP contribution in [-0.2, 0) is 6.54 Å². The molecule has 2 aromatic heterocycles. The molecule has 0 saturated carbocycles. The molecule has 0 aliphatic rings. The third-order valence-corrected chi connectivity index (χ3v) is 4.70. The lowest BCUT2D eigenvalue weighted by molar-refractivity contribution is 0.0731. The van der Waals surface area contributed by atoms with Crippen LogP contribution in [0.15, 0.2) is 28.4 Å². The van der Waals surface area contributed by atoms with Gasteiger partial charge < -0.3 is 14.8 Å². The van der Waals surface area contributed by atoms with Crippen molar-refractivity contribution in [3.05, 3.63) is 55.6 Å². The number of carbonyl (C=O) groups excluding carboxylic acids is 1. The maximum absolute atomic E-state index is 12.8. The van der Waals surface area contributed by atoms with Crippen molar-refractivity contribution in [1.29, 1.82) is 0 Å². The van der Waals surface area contributed by atoms with Crippen molar-refractivity contribution < 1.29 is 4.79 Å². The van der Waals surface area contributed by atoms with E-state index in [9.17, 15) is 9.59 Å². The van der Waals surface area contributed by atoms with E-state index in [0.717, 1.165) is 17.1 Å². The molecule has 6 heteroatoms. The van der Waals surface area contributed by atoms with E-state index in [4.69, 9.17) is 0 Å². The normalized spacial score (nSPS) is 11.0. The Morgan fingerprint density at radius 2 is 1.91 bits per heavy atom. The van der Waals surface area contributed by atoms with Gasteiger partial charge in [0.05, 0.1) is 6.54 Å². The number of amides is 1. The van der Waals surface area contributed by atoms with Crippen LogP contribution < -0.4 is 5.56 Å². The Balaban J connectivity index is 2.26. The van der Waals surface area contributed by atoms with Crippen LogP contribution in [0.1, 0.15) is 26.5 Å². The first-order valence-corrected chi connectivity index (χ1v) is 8.43. The molecule has 5 nitrogen and oxygen atoms in total. The van der Waals surface area contributed by atoms with Crippen LogP contribution in [0.25, 0.3) is 0 Å². The molecule has 0 fully saturated rings. The molecule has 1 N–H and O–H groups in total. The molecule has 0 aliphatic heterocycles. The minimum absolute atomic E-state index is 0.198. The molecule has 23 heavy (non-hydrogen) atoms. The molecule has 0 aliphatic carbocycles. The summed E-state index contributed by atoms with van der Waals surface area (Å²) in [6.07, 6.45) is 0. The number of nitrogens with one attached hydrogen (secondary N) is 1. The molecule has 0 spiro atoms. The zero-order valence-corrected chi connectivity index (χ0v) is 14.9. The number of carbonyl (C=O) groups is 1. The number of nitrogens with zero attached hydrogens (tertiary/aromatic N) is 2. The Bertz CT molecular complexity index is 733. The van der Waals surface area contributed by atoms with E-state index in [2.05, 4.69) is 4.98 Å². The summed E-state index contributed by atoms with van der Waals surface area (Å²) in [6, 6.07) is 5.42. The highest BCUT2D eigenvalue weighted by molar-refractivity contribution is 7.10. The zero-order valence-electron chi connectivity index (χ0n) is 14.0. The van der Waals surface area contributed by atoms with Gasteiger partial charge in [0.2, 0.25) is 0 Å². The third-order valence-electron chi connectivity index (χ3n) is 3.69. The smallest absolute Gasteiger partial charge is 0.260 e. The van der Waals surface area contributed by atoms with Crippen molar-refractivity contribution in [2.45, 2.75) is 20.4 Å². The minimum atomic E-state index is -0.326. The summed E-state index contributed by atoms with van der Waals surface area (Å²) >= 11 is 1.64. The number of aromatic amines is 1. The van der Waals surface area contributed by atoms with Gasteiger partial charge in [-0.05, 0) is 57.1 Å². The van der Waals surface area contributed by atoms with Crippen molar-refractivity contribution in [1.82, 2.24) is 14.8 Å². The summed E-state index contributed by atoms with van der Waals surface area (Å²) in [5.41, 5.74) is 1.80. The van der Waals surface area contributed by atoms with Crippen LogP contribution >= 0.6 is 11.3 Å². The van der Waals surface area contributed by atoms with Gasteiger partial charge in [-0.2, -0.15) is 0 Å². The lowest BCUT2D eigenvalue weighted by atomic mass is 10.2. The van der Waals surface area contributed by atoms with E-state index >= 15 is 0 Å². The standard InChI is InChI=1S/C17H23N3O2S/c1-12-7-10-23-15(12)11-20(9-8-19(3)4)17(22)14-6-5-13(2)18-16(14)21/h5-7,10H,8-9,11H2,1-4H3,(H,18,21). The fraction of sp³-hybridized carbons (Fsp3) is 0.412. The molecule has 0 unspecified atom stereocenters. The maximum Gasteiger partial charge on any atom is 0.260 e. The quantitative estimate of drug-likeness (QED) is 0.882. The van der Waals surface area contributed by atoms with E-state index in [1.165, 1.54) is 5.56 Å². The van der Waals surface area contributed by atoms with Gasteiger partial charge in [-0.1, -0.05) is 0 Å². The Morgan fingerprint density at radius 1 is 1.17 bits per heavy atom. The second kappa shape index (κ2) is 7.57. The van der Waals surface area contributed by atoms with Crippen molar-refractivity contribution in [2.24, 2.45) is 0 Å². The molecular weight excluding hydrogens is 310 g/mol. The maximum atomic E-state index is 12.8. The molecule has 1 amide bonds. The Kier molecular flexibility index (Phi) is 5.74. The van der Waals surface area contributed by atoms with Crippen LogP contribution in [0.5, 0.6) is 0 Å². The van der Waals surface area contributed by atoms with Crippen LogP contribution in [0.4, 0.5) is 0 Å². The van der Waals surface area contributed by atoms with Gasteiger partial charge in [0.1, 0.15) is 5.56 Å². The highest BCUT2D eigenvalue weighted by atomic mass is 32.1. The Hall–Kier alpha value is -1.92. The number of thiophene rings is 1. The summed E-state index contributed by atoms with van der Waals surface area (Å²) in [6.45, 7) is 5.70. The number of pyridine rings is 1. The second-order valence-electron chi connectivity index (χ2n) is 5.94. The van der Waals surface area contributed by atoms with Gasteiger partial charge in [-0.25, -0.2) is 0 Å². The first kappa shape index (κ1) is 17.4. The average Bonchev–Trinajstić information content (AvgIpc) is 2.87. The summed E-state index contributed by atoms with van der Waals surface area (Å²) in [4.78, 5) is 32.5. The van der Waals surface area contributed by atoms with E-state index < -0.39 is 0 Å². The number of hydrogen-bond donors (Lipinski definition) is 1. The van der Waals surface area contributed by atoms with Gasteiger partial charge in [0.25, 0.3) is 11.5 Å². The van der Waals surface area contributed by atoms with Crippen LogP contribution in [0, 0.1) is 13.8 Å². The number of rotatable bonds is 6. The van der Waals surface area contributed by atoms with Crippen LogP contribution in [-0.4, -0.2) is 47.9 Å². The Morgan fingerprint density at radius 3 is 2.48 bits per heavy atom. The lowest BCUT2D eigenvalue weighted by Crippen LogP contribution is -2.38. The molecule has 0 bridgehead atoms. The molecule has 0 atom stereocenters. The summed E-state index contributed by atoms with van der Waals surface area (Å²) in [7, 11) is 3.94.